The number of anilines is 1. The Balaban J connectivity index is 1.45. The lowest BCUT2D eigenvalue weighted by Gasteiger charge is -2.40. The summed E-state index contributed by atoms with van der Waals surface area (Å²) in [5, 5.41) is 0.615. The van der Waals surface area contributed by atoms with Gasteiger partial charge >= 0.3 is 0 Å². The molecule has 1 unspecified atom stereocenters. The van der Waals surface area contributed by atoms with Crippen LogP contribution in [0.5, 0.6) is 17.4 Å². The molecule has 2 aromatic carbocycles. The van der Waals surface area contributed by atoms with E-state index in [9.17, 15) is 4.79 Å². The molecular weight excluding hydrogens is 428 g/mol. The largest absolute Gasteiger partial charge is 0.493 e. The molecule has 2 heterocycles. The van der Waals surface area contributed by atoms with Crippen LogP contribution in [0.15, 0.2) is 54.9 Å². The Morgan fingerprint density at radius 2 is 1.84 bits per heavy atom. The number of rotatable bonds is 5. The van der Waals surface area contributed by atoms with Crippen molar-refractivity contribution in [3.05, 3.63) is 71.0 Å². The number of nitrogens with zero attached hydrogens (tertiary/aromatic N) is 4. The lowest BCUT2D eigenvalue weighted by molar-refractivity contribution is 0.0673. The molecule has 7 nitrogen and oxygen atoms in total. The van der Waals surface area contributed by atoms with Crippen LogP contribution in [-0.4, -0.2) is 53.6 Å². The summed E-state index contributed by atoms with van der Waals surface area (Å²) in [5.74, 6) is 2.44. The van der Waals surface area contributed by atoms with Gasteiger partial charge in [-0.3, -0.25) is 4.79 Å². The summed E-state index contributed by atoms with van der Waals surface area (Å²) in [7, 11) is 1.61. The predicted octanol–water partition coefficient (Wildman–Crippen LogP) is 4.59. The molecule has 1 fully saturated rings. The first-order valence-corrected chi connectivity index (χ1v) is 10.8. The number of hydrogen-bond donors (Lipinski definition) is 0. The minimum Gasteiger partial charge on any atom is -0.493 e. The van der Waals surface area contributed by atoms with E-state index in [0.29, 0.717) is 47.6 Å². The van der Waals surface area contributed by atoms with Gasteiger partial charge in [-0.1, -0.05) is 17.7 Å². The molecule has 0 N–H and O–H groups in total. The molecule has 1 aliphatic heterocycles. The number of amides is 1. The molecule has 0 bridgehead atoms. The second-order valence-corrected chi connectivity index (χ2v) is 8.21. The second-order valence-electron chi connectivity index (χ2n) is 7.77. The van der Waals surface area contributed by atoms with Crippen molar-refractivity contribution in [3.8, 4) is 17.4 Å². The Hall–Kier alpha value is -3.32. The average Bonchev–Trinajstić information content (AvgIpc) is 2.80. The van der Waals surface area contributed by atoms with Crippen molar-refractivity contribution in [2.24, 2.45) is 0 Å². The zero-order chi connectivity index (χ0) is 22.7. The Bertz CT molecular complexity index is 1110. The Labute approximate surface area is 192 Å². The van der Waals surface area contributed by atoms with Crippen LogP contribution in [0.3, 0.4) is 0 Å². The van der Waals surface area contributed by atoms with E-state index in [1.165, 1.54) is 6.33 Å². The number of halogens is 1. The average molecular weight is 453 g/mol. The summed E-state index contributed by atoms with van der Waals surface area (Å²) in [6.45, 7) is 5.94. The second kappa shape index (κ2) is 9.44. The Kier molecular flexibility index (Phi) is 6.46. The maximum atomic E-state index is 12.9. The van der Waals surface area contributed by atoms with Crippen molar-refractivity contribution >= 4 is 23.3 Å². The van der Waals surface area contributed by atoms with E-state index >= 15 is 0 Å². The summed E-state index contributed by atoms with van der Waals surface area (Å²) in [5.41, 5.74) is 1.72. The van der Waals surface area contributed by atoms with E-state index in [4.69, 9.17) is 21.1 Å². The fraction of sp³-hybridized carbons (Fsp3) is 0.292. The minimum atomic E-state index is 0.00647. The van der Waals surface area contributed by atoms with E-state index in [1.807, 2.05) is 43.0 Å². The number of carbonyl (C=O) groups is 1. The third kappa shape index (κ3) is 4.78. The van der Waals surface area contributed by atoms with Crippen molar-refractivity contribution < 1.29 is 14.3 Å². The quantitative estimate of drug-likeness (QED) is 0.564. The number of hydrogen-bond acceptors (Lipinski definition) is 6. The molecule has 1 aromatic heterocycles. The molecule has 0 aliphatic carbocycles. The summed E-state index contributed by atoms with van der Waals surface area (Å²) in [6.07, 6.45) is 1.49. The zero-order valence-electron chi connectivity index (χ0n) is 18.3. The molecule has 0 radical (unpaired) electrons. The smallest absolute Gasteiger partial charge is 0.254 e. The maximum absolute atomic E-state index is 12.9. The number of carbonyl (C=O) groups excluding carboxylic acids is 1. The van der Waals surface area contributed by atoms with Gasteiger partial charge in [-0.25, -0.2) is 9.97 Å². The third-order valence-electron chi connectivity index (χ3n) is 5.46. The zero-order valence-corrected chi connectivity index (χ0v) is 19.0. The van der Waals surface area contributed by atoms with Crippen LogP contribution in [0.1, 0.15) is 22.8 Å². The predicted molar refractivity (Wildman–Crippen MR) is 124 cm³/mol. The summed E-state index contributed by atoms with van der Waals surface area (Å²) < 4.78 is 11.4. The van der Waals surface area contributed by atoms with Gasteiger partial charge in [0, 0.05) is 42.3 Å². The molecule has 1 saturated heterocycles. The molecule has 32 heavy (non-hydrogen) atoms. The Morgan fingerprint density at radius 1 is 1.06 bits per heavy atom. The normalized spacial score (nSPS) is 16.1. The highest BCUT2D eigenvalue weighted by Gasteiger charge is 2.29. The number of ether oxygens (including phenoxy) is 2. The van der Waals surface area contributed by atoms with Crippen LogP contribution >= 0.6 is 11.6 Å². The van der Waals surface area contributed by atoms with Crippen molar-refractivity contribution in [2.75, 3.05) is 31.6 Å². The van der Waals surface area contributed by atoms with Crippen molar-refractivity contribution in [2.45, 2.75) is 19.9 Å². The Morgan fingerprint density at radius 3 is 2.56 bits per heavy atom. The van der Waals surface area contributed by atoms with E-state index < -0.39 is 0 Å². The third-order valence-corrected chi connectivity index (χ3v) is 5.72. The van der Waals surface area contributed by atoms with E-state index in [1.54, 1.807) is 31.4 Å². The highest BCUT2D eigenvalue weighted by molar-refractivity contribution is 6.30. The molecule has 166 valence electrons. The number of benzene rings is 2. The van der Waals surface area contributed by atoms with Crippen LogP contribution in [-0.2, 0) is 0 Å². The number of aryl methyl sites for hydroxylation is 1. The molecule has 8 heteroatoms. The standard InChI is InChI=1S/C24H25ClN4O3/c1-16-4-9-20(21(12-16)31-3)32-23-13-22(26-15-27-23)28-10-11-29(17(2)14-28)24(30)18-5-7-19(25)8-6-18/h4-9,12-13,15,17H,10-11,14H2,1-3H3. The van der Waals surface area contributed by atoms with Crippen LogP contribution in [0.4, 0.5) is 5.82 Å². The van der Waals surface area contributed by atoms with Gasteiger partial charge in [-0.15, -0.1) is 0 Å². The topological polar surface area (TPSA) is 67.8 Å². The first-order chi connectivity index (χ1) is 15.4. The SMILES string of the molecule is COc1cc(C)ccc1Oc1cc(N2CCN(C(=O)c3ccc(Cl)cc3)C(C)C2)ncn1. The molecular formula is C24H25ClN4O3. The van der Waals surface area contributed by atoms with Crippen molar-refractivity contribution in [3.63, 3.8) is 0 Å². The van der Waals surface area contributed by atoms with Gasteiger partial charge in [0.15, 0.2) is 11.5 Å². The summed E-state index contributed by atoms with van der Waals surface area (Å²) >= 11 is 5.94. The van der Waals surface area contributed by atoms with Gasteiger partial charge in [0.05, 0.1) is 7.11 Å². The number of methoxy groups -OCH3 is 1. The first kappa shape index (κ1) is 21.9. The minimum absolute atomic E-state index is 0.00647. The molecule has 1 atom stereocenters. The van der Waals surface area contributed by atoms with Crippen LogP contribution in [0.25, 0.3) is 0 Å². The molecule has 0 spiro atoms. The van der Waals surface area contributed by atoms with E-state index in [2.05, 4.69) is 14.9 Å². The van der Waals surface area contributed by atoms with Crippen molar-refractivity contribution in [1.29, 1.82) is 0 Å². The van der Waals surface area contributed by atoms with Gasteiger partial charge in [0.25, 0.3) is 5.91 Å². The molecule has 1 aliphatic rings. The van der Waals surface area contributed by atoms with E-state index in [0.717, 1.165) is 11.4 Å². The molecule has 1 amide bonds. The fourth-order valence-electron chi connectivity index (χ4n) is 3.76. The highest BCUT2D eigenvalue weighted by Crippen LogP contribution is 2.32. The van der Waals surface area contributed by atoms with Crippen molar-refractivity contribution in [1.82, 2.24) is 14.9 Å². The van der Waals surface area contributed by atoms with Gasteiger partial charge in [-0.2, -0.15) is 0 Å². The van der Waals surface area contributed by atoms with Gasteiger partial charge in [0.2, 0.25) is 5.88 Å². The lowest BCUT2D eigenvalue weighted by atomic mass is 10.1. The molecule has 0 saturated carbocycles. The maximum Gasteiger partial charge on any atom is 0.254 e. The monoisotopic (exact) mass is 452 g/mol. The van der Waals surface area contributed by atoms with Crippen LogP contribution in [0.2, 0.25) is 5.02 Å². The summed E-state index contributed by atoms with van der Waals surface area (Å²) in [4.78, 5) is 25.6. The summed E-state index contributed by atoms with van der Waals surface area (Å²) in [6, 6.07) is 14.6. The van der Waals surface area contributed by atoms with E-state index in [-0.39, 0.29) is 11.9 Å². The van der Waals surface area contributed by atoms with Gasteiger partial charge in [-0.05, 0) is 55.8 Å². The molecule has 4 rings (SSSR count). The van der Waals surface area contributed by atoms with Gasteiger partial charge in [0.1, 0.15) is 12.1 Å². The van der Waals surface area contributed by atoms with Crippen LogP contribution < -0.4 is 14.4 Å². The van der Waals surface area contributed by atoms with Crippen LogP contribution in [0, 0.1) is 6.92 Å². The lowest BCUT2D eigenvalue weighted by Crippen LogP contribution is -2.54. The first-order valence-electron chi connectivity index (χ1n) is 10.4. The highest BCUT2D eigenvalue weighted by atomic mass is 35.5. The fourth-order valence-corrected chi connectivity index (χ4v) is 3.88. The molecule has 3 aromatic rings. The number of piperazine rings is 1. The van der Waals surface area contributed by atoms with Gasteiger partial charge < -0.3 is 19.3 Å². The number of aromatic nitrogens is 2.